The Morgan fingerprint density at radius 1 is 1.38 bits per heavy atom. The molecule has 70 valence electrons. The second-order valence-electron chi connectivity index (χ2n) is 3.05. The zero-order valence-corrected chi connectivity index (χ0v) is 10.9. The number of aromatic nitrogens is 1. The predicted molar refractivity (Wildman–Crippen MR) is 63.1 cm³/mol. The standard InChI is InChI=1S/C10H12Br2N/c1-8-3-9(2)6-13(5-8)7-10(12)4-11/h3,5-7H,4H2,1-2H3/q+1. The predicted octanol–water partition coefficient (Wildman–Crippen LogP) is 3.18. The molecular formula is C10H12Br2N+. The van der Waals surface area contributed by atoms with Crippen LogP contribution in [0.25, 0.3) is 6.20 Å². The van der Waals surface area contributed by atoms with Gasteiger partial charge in [-0.3, -0.25) is 0 Å². The molecule has 13 heavy (non-hydrogen) atoms. The molecule has 0 atom stereocenters. The summed E-state index contributed by atoms with van der Waals surface area (Å²) in [6.07, 6.45) is 6.24. The first-order valence-electron chi connectivity index (χ1n) is 4.03. The molecule has 0 fully saturated rings. The van der Waals surface area contributed by atoms with Crippen molar-refractivity contribution in [2.45, 2.75) is 13.8 Å². The van der Waals surface area contributed by atoms with Gasteiger partial charge in [0.1, 0.15) is 0 Å². The fourth-order valence-corrected chi connectivity index (χ4v) is 1.59. The molecule has 1 rings (SSSR count). The lowest BCUT2D eigenvalue weighted by molar-refractivity contribution is -0.569. The number of hydrogen-bond donors (Lipinski definition) is 0. The van der Waals surface area contributed by atoms with E-state index in [0.29, 0.717) is 0 Å². The molecule has 1 aromatic heterocycles. The molecule has 0 unspecified atom stereocenters. The van der Waals surface area contributed by atoms with Crippen LogP contribution in [0.5, 0.6) is 0 Å². The molecule has 0 aromatic carbocycles. The molecule has 0 spiro atoms. The molecule has 0 radical (unpaired) electrons. The largest absolute Gasteiger partial charge is 0.185 e. The maximum atomic E-state index is 3.46. The number of rotatable bonds is 2. The van der Waals surface area contributed by atoms with E-state index in [-0.39, 0.29) is 0 Å². The Morgan fingerprint density at radius 2 is 1.92 bits per heavy atom. The van der Waals surface area contributed by atoms with Crippen LogP contribution in [0, 0.1) is 13.8 Å². The van der Waals surface area contributed by atoms with E-state index in [4.69, 9.17) is 0 Å². The third-order valence-corrected chi connectivity index (χ3v) is 3.42. The number of halogens is 2. The first-order valence-corrected chi connectivity index (χ1v) is 5.94. The van der Waals surface area contributed by atoms with Gasteiger partial charge < -0.3 is 0 Å². The smallest absolute Gasteiger partial charge is 0.172 e. The summed E-state index contributed by atoms with van der Waals surface area (Å²) in [7, 11) is 0. The van der Waals surface area contributed by atoms with Crippen LogP contribution >= 0.6 is 31.9 Å². The molecule has 0 saturated carbocycles. The fourth-order valence-electron chi connectivity index (χ4n) is 1.21. The number of pyridine rings is 1. The summed E-state index contributed by atoms with van der Waals surface area (Å²) >= 11 is 6.84. The Hall–Kier alpha value is -0.150. The van der Waals surface area contributed by atoms with Crippen LogP contribution in [0.3, 0.4) is 0 Å². The minimum Gasteiger partial charge on any atom is -0.172 e. The van der Waals surface area contributed by atoms with Crippen LogP contribution in [0.15, 0.2) is 22.9 Å². The zero-order valence-electron chi connectivity index (χ0n) is 7.72. The van der Waals surface area contributed by atoms with E-state index < -0.39 is 0 Å². The lowest BCUT2D eigenvalue weighted by Gasteiger charge is -1.94. The average Bonchev–Trinajstić information content (AvgIpc) is 2.02. The Balaban J connectivity index is 3.02. The molecule has 0 aliphatic rings. The summed E-state index contributed by atoms with van der Waals surface area (Å²) in [5.41, 5.74) is 2.54. The Labute approximate surface area is 95.7 Å². The topological polar surface area (TPSA) is 3.88 Å². The van der Waals surface area contributed by atoms with Crippen molar-refractivity contribution in [2.24, 2.45) is 0 Å². The van der Waals surface area contributed by atoms with Crippen molar-refractivity contribution < 1.29 is 4.57 Å². The Morgan fingerprint density at radius 3 is 2.38 bits per heavy atom. The van der Waals surface area contributed by atoms with Crippen molar-refractivity contribution >= 4 is 38.1 Å². The highest BCUT2D eigenvalue weighted by Gasteiger charge is 2.01. The third kappa shape index (κ3) is 3.61. The second-order valence-corrected chi connectivity index (χ2v) is 4.63. The van der Waals surface area contributed by atoms with E-state index in [1.807, 2.05) is 0 Å². The number of nitrogens with zero attached hydrogens (tertiary/aromatic N) is 1. The Kier molecular flexibility index (Phi) is 4.13. The van der Waals surface area contributed by atoms with E-state index >= 15 is 0 Å². The molecule has 3 heteroatoms. The van der Waals surface area contributed by atoms with Crippen molar-refractivity contribution in [3.8, 4) is 0 Å². The Bertz CT molecular complexity index is 311. The highest BCUT2D eigenvalue weighted by molar-refractivity contribution is 9.13. The van der Waals surface area contributed by atoms with Crippen molar-refractivity contribution in [1.82, 2.24) is 0 Å². The van der Waals surface area contributed by atoms with Gasteiger partial charge in [-0.05, 0) is 35.8 Å². The summed E-state index contributed by atoms with van der Waals surface area (Å²) in [5.74, 6) is 0. The molecule has 0 N–H and O–H groups in total. The first kappa shape index (κ1) is 10.9. The van der Waals surface area contributed by atoms with Crippen LogP contribution in [0.2, 0.25) is 0 Å². The fraction of sp³-hybridized carbons (Fsp3) is 0.300. The quantitative estimate of drug-likeness (QED) is 0.584. The van der Waals surface area contributed by atoms with Gasteiger partial charge in [-0.2, -0.15) is 4.57 Å². The normalized spacial score (nSPS) is 11.8. The van der Waals surface area contributed by atoms with Crippen LogP contribution in [-0.4, -0.2) is 5.33 Å². The average molecular weight is 306 g/mol. The number of aryl methyl sites for hydroxylation is 2. The maximum absolute atomic E-state index is 3.46. The van der Waals surface area contributed by atoms with Gasteiger partial charge in [0.05, 0.1) is 4.48 Å². The summed E-state index contributed by atoms with van der Waals surface area (Å²) in [6.45, 7) is 4.19. The van der Waals surface area contributed by atoms with Crippen LogP contribution in [0.4, 0.5) is 0 Å². The number of hydrogen-bond acceptors (Lipinski definition) is 0. The van der Waals surface area contributed by atoms with Crippen molar-refractivity contribution in [3.63, 3.8) is 0 Å². The van der Waals surface area contributed by atoms with E-state index in [1.165, 1.54) is 11.1 Å². The van der Waals surface area contributed by atoms with E-state index in [2.05, 4.69) is 74.9 Å². The van der Waals surface area contributed by atoms with Gasteiger partial charge in [0.15, 0.2) is 18.6 Å². The summed E-state index contributed by atoms with van der Waals surface area (Å²) < 4.78 is 3.19. The number of allylic oxidation sites excluding steroid dienone is 1. The first-order chi connectivity index (χ1) is 6.11. The van der Waals surface area contributed by atoms with Crippen molar-refractivity contribution in [3.05, 3.63) is 34.1 Å². The highest BCUT2D eigenvalue weighted by atomic mass is 79.9. The minimum atomic E-state index is 0.840. The van der Waals surface area contributed by atoms with Gasteiger partial charge >= 0.3 is 0 Å². The molecule has 1 heterocycles. The number of alkyl halides is 1. The van der Waals surface area contributed by atoms with Crippen LogP contribution < -0.4 is 4.57 Å². The molecule has 0 aliphatic heterocycles. The maximum Gasteiger partial charge on any atom is 0.185 e. The van der Waals surface area contributed by atoms with Gasteiger partial charge in [-0.25, -0.2) is 0 Å². The molecule has 0 amide bonds. The zero-order chi connectivity index (χ0) is 9.84. The highest BCUT2D eigenvalue weighted by Crippen LogP contribution is 2.07. The van der Waals surface area contributed by atoms with E-state index in [0.717, 1.165) is 9.81 Å². The van der Waals surface area contributed by atoms with E-state index in [1.54, 1.807) is 0 Å². The molecule has 0 bridgehead atoms. The lowest BCUT2D eigenvalue weighted by Crippen LogP contribution is -2.26. The van der Waals surface area contributed by atoms with Gasteiger partial charge in [-0.1, -0.05) is 15.9 Å². The van der Waals surface area contributed by atoms with Crippen LogP contribution in [0.1, 0.15) is 11.1 Å². The van der Waals surface area contributed by atoms with Crippen molar-refractivity contribution in [1.29, 1.82) is 0 Å². The summed E-state index contributed by atoms with van der Waals surface area (Å²) in [4.78, 5) is 0. The SMILES string of the molecule is Cc1cc(C)c[n+](C=C(Br)CBr)c1. The van der Waals surface area contributed by atoms with E-state index in [9.17, 15) is 0 Å². The van der Waals surface area contributed by atoms with Gasteiger partial charge in [0.25, 0.3) is 0 Å². The third-order valence-electron chi connectivity index (χ3n) is 1.58. The van der Waals surface area contributed by atoms with Gasteiger partial charge in [0.2, 0.25) is 0 Å². The lowest BCUT2D eigenvalue weighted by atomic mass is 10.2. The minimum absolute atomic E-state index is 0.840. The molecule has 0 aliphatic carbocycles. The monoisotopic (exact) mass is 304 g/mol. The molecule has 1 aromatic rings. The summed E-state index contributed by atoms with van der Waals surface area (Å²) in [5, 5.41) is 0.840. The van der Waals surface area contributed by atoms with Gasteiger partial charge in [0, 0.05) is 16.5 Å². The van der Waals surface area contributed by atoms with Crippen LogP contribution in [-0.2, 0) is 0 Å². The molecular weight excluding hydrogens is 294 g/mol. The molecule has 0 saturated heterocycles. The van der Waals surface area contributed by atoms with Gasteiger partial charge in [-0.15, -0.1) is 0 Å². The van der Waals surface area contributed by atoms with Crippen molar-refractivity contribution in [2.75, 3.05) is 5.33 Å². The second kappa shape index (κ2) is 4.91. The summed E-state index contributed by atoms with van der Waals surface area (Å²) in [6, 6.07) is 2.16. The molecule has 1 nitrogen and oxygen atoms in total.